The van der Waals surface area contributed by atoms with E-state index < -0.39 is 0 Å². The maximum atomic E-state index is 5.75. The van der Waals surface area contributed by atoms with Crippen LogP contribution in [0.25, 0.3) is 31.8 Å². The first-order valence-corrected chi connectivity index (χ1v) is 25.6. The van der Waals surface area contributed by atoms with Crippen molar-refractivity contribution in [3.63, 3.8) is 0 Å². The van der Waals surface area contributed by atoms with E-state index in [2.05, 4.69) is 211 Å². The molecule has 0 bridgehead atoms. The molecule has 4 heterocycles. The molecule has 0 radical (unpaired) electrons. The van der Waals surface area contributed by atoms with Gasteiger partial charge in [0, 0.05) is 38.9 Å². The van der Waals surface area contributed by atoms with Gasteiger partial charge < -0.3 is 14.2 Å². The lowest BCUT2D eigenvalue weighted by molar-refractivity contribution is 0.174. The van der Waals surface area contributed by atoms with Gasteiger partial charge in [-0.3, -0.25) is 9.97 Å². The van der Waals surface area contributed by atoms with E-state index in [0.29, 0.717) is 6.79 Å². The van der Waals surface area contributed by atoms with Crippen molar-refractivity contribution in [2.45, 2.75) is 131 Å². The third-order valence-corrected chi connectivity index (χ3v) is 13.6. The molecule has 0 saturated carbocycles. The highest BCUT2D eigenvalue weighted by Crippen LogP contribution is 2.37. The molecule has 0 atom stereocenters. The highest BCUT2D eigenvalue weighted by molar-refractivity contribution is 7.19. The predicted octanol–water partition coefficient (Wildman–Crippen LogP) is 18.8. The number of fused-ring (bicyclic) bond motifs is 4. The molecular formula is C65H76N2O3S. The van der Waals surface area contributed by atoms with Crippen molar-refractivity contribution in [2.24, 2.45) is 0 Å². The highest BCUT2D eigenvalue weighted by atomic mass is 32.1. The molecule has 71 heavy (non-hydrogen) atoms. The summed E-state index contributed by atoms with van der Waals surface area (Å²) >= 11 is 1.90. The average Bonchev–Trinajstić information content (AvgIpc) is 4.00. The van der Waals surface area contributed by atoms with Gasteiger partial charge in [-0.25, -0.2) is 0 Å². The number of para-hydroxylation sites is 2. The Kier molecular flexibility index (Phi) is 17.2. The Balaban J connectivity index is 0.000000146. The zero-order valence-electron chi connectivity index (χ0n) is 45.0. The maximum Gasteiger partial charge on any atom is 0.231 e. The molecule has 6 aromatic carbocycles. The van der Waals surface area contributed by atoms with Crippen LogP contribution in [-0.4, -0.2) is 16.8 Å². The van der Waals surface area contributed by atoms with Crippen LogP contribution in [0.2, 0.25) is 0 Å². The third kappa shape index (κ3) is 15.5. The van der Waals surface area contributed by atoms with Gasteiger partial charge in [0.25, 0.3) is 0 Å². The summed E-state index contributed by atoms with van der Waals surface area (Å²) in [5, 5.41) is 5.13. The van der Waals surface area contributed by atoms with E-state index in [0.717, 1.165) is 28.5 Å². The Morgan fingerprint density at radius 2 is 0.972 bits per heavy atom. The second-order valence-corrected chi connectivity index (χ2v) is 24.3. The monoisotopic (exact) mass is 965 g/mol. The first kappa shape index (κ1) is 53.8. The van der Waals surface area contributed by atoms with E-state index in [4.69, 9.17) is 14.2 Å². The summed E-state index contributed by atoms with van der Waals surface area (Å²) in [6.45, 7) is 33.6. The number of thiophene rings is 1. The molecule has 0 saturated heterocycles. The number of ether oxygens (including phenoxy) is 3. The van der Waals surface area contributed by atoms with Gasteiger partial charge in [0.1, 0.15) is 11.5 Å². The largest absolute Gasteiger partial charge is 0.457 e. The zero-order valence-corrected chi connectivity index (χ0v) is 45.8. The van der Waals surface area contributed by atoms with E-state index in [1.165, 1.54) is 53.4 Å². The SMILES string of the molecule is CC(C)(C)c1cc2ccccc2s1.CC(C)(C)c1ccc(Oc2ccccc2)cc1.CC(C)(C)c1ccc2c(c1)OCO2.CC(C)(C)c1cnc2ccccc2c1.CC(C)(C)c1cncc2ccccc12. The third-order valence-electron chi connectivity index (χ3n) is 12.0. The summed E-state index contributed by atoms with van der Waals surface area (Å²) in [4.78, 5) is 10.2. The topological polar surface area (TPSA) is 53.5 Å². The second-order valence-electron chi connectivity index (χ2n) is 23.2. The fourth-order valence-corrected chi connectivity index (χ4v) is 8.68. The number of benzene rings is 6. The van der Waals surface area contributed by atoms with Crippen LogP contribution in [0, 0.1) is 0 Å². The van der Waals surface area contributed by atoms with E-state index in [1.807, 2.05) is 90.6 Å². The maximum absolute atomic E-state index is 5.75. The second kappa shape index (κ2) is 22.7. The standard InChI is InChI=1S/C16H18O.2C13H15N.C12H14S.C11H14O2/c1-16(2,3)13-9-11-15(12-10-13)17-14-7-5-4-6-8-14;1-13(2,3)11-8-10-6-4-5-7-12(10)14-9-11;1-13(2,3)12-9-14-8-10-6-4-5-7-11(10)12;1-12(2,3)11-8-9-6-4-5-7-10(9)13-11;1-11(2,3)8-4-5-9-10(6-8)13-7-12-9/h4-12H,1-3H3;2*4-9H,1-3H3;4-8H,1-3H3;4-6H,7H2,1-3H3. The van der Waals surface area contributed by atoms with Crippen LogP contribution in [0.1, 0.15) is 131 Å². The van der Waals surface area contributed by atoms with Gasteiger partial charge in [0.2, 0.25) is 6.79 Å². The number of hydrogen-bond acceptors (Lipinski definition) is 6. The van der Waals surface area contributed by atoms with E-state index in [1.54, 1.807) is 0 Å². The molecular weight excluding hydrogens is 889 g/mol. The van der Waals surface area contributed by atoms with Crippen LogP contribution >= 0.6 is 11.3 Å². The summed E-state index contributed by atoms with van der Waals surface area (Å²) in [5.74, 6) is 3.47. The minimum Gasteiger partial charge on any atom is -0.457 e. The van der Waals surface area contributed by atoms with Crippen LogP contribution in [0.3, 0.4) is 0 Å². The van der Waals surface area contributed by atoms with Crippen molar-refractivity contribution in [1.29, 1.82) is 0 Å². The molecule has 0 unspecified atom stereocenters. The van der Waals surface area contributed by atoms with Gasteiger partial charge >= 0.3 is 0 Å². The normalized spacial score (nSPS) is 12.3. The van der Waals surface area contributed by atoms with Gasteiger partial charge in [0.15, 0.2) is 11.5 Å². The molecule has 3 aromatic heterocycles. The molecule has 0 aliphatic carbocycles. The van der Waals surface area contributed by atoms with Crippen LogP contribution in [-0.2, 0) is 27.1 Å². The first-order valence-electron chi connectivity index (χ1n) is 24.8. The quantitative estimate of drug-likeness (QED) is 0.173. The van der Waals surface area contributed by atoms with E-state index >= 15 is 0 Å². The summed E-state index contributed by atoms with van der Waals surface area (Å²) in [5.41, 5.74) is 7.24. The lowest BCUT2D eigenvalue weighted by atomic mass is 9.85. The molecule has 1 aliphatic heterocycles. The van der Waals surface area contributed by atoms with E-state index in [9.17, 15) is 0 Å². The highest BCUT2D eigenvalue weighted by Gasteiger charge is 2.20. The lowest BCUT2D eigenvalue weighted by Gasteiger charge is -2.20. The minimum atomic E-state index is 0.161. The average molecular weight is 965 g/mol. The van der Waals surface area contributed by atoms with Crippen molar-refractivity contribution < 1.29 is 14.2 Å². The number of rotatable bonds is 2. The molecule has 1 aliphatic rings. The summed E-state index contributed by atoms with van der Waals surface area (Å²) in [6.07, 6.45) is 5.87. The van der Waals surface area contributed by atoms with Crippen LogP contribution in [0.5, 0.6) is 23.0 Å². The Morgan fingerprint density at radius 3 is 1.59 bits per heavy atom. The van der Waals surface area contributed by atoms with Gasteiger partial charge in [-0.15, -0.1) is 11.3 Å². The molecule has 5 nitrogen and oxygen atoms in total. The van der Waals surface area contributed by atoms with Crippen molar-refractivity contribution in [1.82, 2.24) is 9.97 Å². The van der Waals surface area contributed by atoms with E-state index in [-0.39, 0.29) is 27.1 Å². The Hall–Kier alpha value is -6.50. The Labute approximate surface area is 429 Å². The molecule has 0 N–H and O–H groups in total. The summed E-state index contributed by atoms with van der Waals surface area (Å²) in [6, 6.07) is 54.0. The fourth-order valence-electron chi connectivity index (χ4n) is 7.56. The van der Waals surface area contributed by atoms with Crippen molar-refractivity contribution in [2.75, 3.05) is 6.79 Å². The number of aromatic nitrogens is 2. The summed E-state index contributed by atoms with van der Waals surface area (Å²) < 4.78 is 17.7. The molecule has 0 spiro atoms. The number of pyridine rings is 2. The van der Waals surface area contributed by atoms with Gasteiger partial charge in [-0.2, -0.15) is 0 Å². The summed E-state index contributed by atoms with van der Waals surface area (Å²) in [7, 11) is 0. The molecule has 9 aromatic rings. The number of nitrogens with zero attached hydrogens (tertiary/aromatic N) is 2. The van der Waals surface area contributed by atoms with Crippen molar-refractivity contribution in [3.05, 3.63) is 203 Å². The molecule has 0 amide bonds. The zero-order chi connectivity index (χ0) is 51.6. The van der Waals surface area contributed by atoms with Crippen LogP contribution in [0.15, 0.2) is 176 Å². The molecule has 370 valence electrons. The molecule has 0 fully saturated rings. The predicted molar refractivity (Wildman–Crippen MR) is 304 cm³/mol. The fraction of sp³-hybridized carbons (Fsp3) is 0.323. The Morgan fingerprint density at radius 1 is 0.423 bits per heavy atom. The first-order chi connectivity index (χ1) is 33.4. The van der Waals surface area contributed by atoms with Crippen LogP contribution in [0.4, 0.5) is 0 Å². The van der Waals surface area contributed by atoms with Gasteiger partial charge in [0.05, 0.1) is 5.52 Å². The minimum absolute atomic E-state index is 0.161. The smallest absolute Gasteiger partial charge is 0.231 e. The molecule has 10 rings (SSSR count). The molecule has 6 heteroatoms. The number of hydrogen-bond donors (Lipinski definition) is 0. The van der Waals surface area contributed by atoms with Crippen molar-refractivity contribution in [3.8, 4) is 23.0 Å². The van der Waals surface area contributed by atoms with Gasteiger partial charge in [-0.05, 0) is 121 Å². The lowest BCUT2D eigenvalue weighted by Crippen LogP contribution is -2.11. The van der Waals surface area contributed by atoms with Crippen LogP contribution < -0.4 is 14.2 Å². The van der Waals surface area contributed by atoms with Gasteiger partial charge in [-0.1, -0.05) is 201 Å². The van der Waals surface area contributed by atoms with Crippen molar-refractivity contribution >= 4 is 43.1 Å². The Bertz CT molecular complexity index is 3060.